The fourth-order valence-electron chi connectivity index (χ4n) is 0. The van der Waals surface area contributed by atoms with Gasteiger partial charge in [0.2, 0.25) is 0 Å². The van der Waals surface area contributed by atoms with Crippen LogP contribution in [0.5, 0.6) is 0 Å². The summed E-state index contributed by atoms with van der Waals surface area (Å²) in [5.74, 6) is 0. The molecule has 5 heteroatoms. The van der Waals surface area contributed by atoms with Crippen LogP contribution in [0, 0.1) is 0 Å². The molecular formula is H2CoCrFeMgMn. The van der Waals surface area contributed by atoms with Gasteiger partial charge in [-0.15, -0.1) is 0 Å². The second-order valence-electron chi connectivity index (χ2n) is 0. The summed E-state index contributed by atoms with van der Waals surface area (Å²) >= 11 is 0. The maximum atomic E-state index is 0. The van der Waals surface area contributed by atoms with E-state index in [1.807, 2.05) is 0 Å². The van der Waals surface area contributed by atoms with Gasteiger partial charge in [-0.3, -0.25) is 0 Å². The van der Waals surface area contributed by atoms with E-state index < -0.39 is 0 Å². The Balaban J connectivity index is 0. The summed E-state index contributed by atoms with van der Waals surface area (Å²) < 4.78 is 0. The molecule has 0 aliphatic carbocycles. The molecule has 0 unspecified atom stereocenters. The number of hydrogen-bond donors (Lipinski definition) is 0. The van der Waals surface area contributed by atoms with Gasteiger partial charge in [0.1, 0.15) is 0 Å². The molecule has 0 bridgehead atoms. The minimum atomic E-state index is 0. The molecule has 2 radical (unpaired) electrons. The maximum absolute atomic E-state index is 0. The Labute approximate surface area is 93.0 Å². The summed E-state index contributed by atoms with van der Waals surface area (Å²) in [6.07, 6.45) is 0. The molecule has 0 spiro atoms. The third-order valence-corrected chi connectivity index (χ3v) is 0. The smallest absolute Gasteiger partial charge is 1.00 e. The molecule has 0 atom stereocenters. The molecule has 34 valence electrons. The fourth-order valence-corrected chi connectivity index (χ4v) is 0. The van der Waals surface area contributed by atoms with Gasteiger partial charge in [-0.25, -0.2) is 0 Å². The molecule has 0 aromatic rings. The summed E-state index contributed by atoms with van der Waals surface area (Å²) in [6, 6.07) is 0. The molecule has 0 fully saturated rings. The Morgan fingerprint density at radius 2 is 1.20 bits per heavy atom. The van der Waals surface area contributed by atoms with Crippen LogP contribution < -0.4 is 0 Å². The largest absolute Gasteiger partial charge is 2.00 e. The Morgan fingerprint density at radius 1 is 1.20 bits per heavy atom. The Hall–Kier alpha value is 2.84. The van der Waals surface area contributed by atoms with Crippen molar-refractivity contribution in [2.24, 2.45) is 0 Å². The van der Waals surface area contributed by atoms with Crippen LogP contribution in [0.15, 0.2) is 0 Å². The van der Waals surface area contributed by atoms with Crippen LogP contribution in [0.3, 0.4) is 0 Å². The van der Waals surface area contributed by atoms with Crippen LogP contribution in [0.25, 0.3) is 0 Å². The van der Waals surface area contributed by atoms with Crippen molar-refractivity contribution in [2.75, 3.05) is 0 Å². The minimum Gasteiger partial charge on any atom is -1.00 e. The molecule has 0 saturated heterocycles. The van der Waals surface area contributed by atoms with Crippen molar-refractivity contribution in [2.45, 2.75) is 0 Å². The Kier molecular flexibility index (Phi) is 263. The third kappa shape index (κ3) is 19.9. The first kappa shape index (κ1) is 45.4. The van der Waals surface area contributed by atoms with Gasteiger partial charge in [0.25, 0.3) is 0 Å². The summed E-state index contributed by atoms with van der Waals surface area (Å²) in [7, 11) is 0. The van der Waals surface area contributed by atoms with Crippen LogP contribution in [-0.4, -0.2) is 23.1 Å². The van der Waals surface area contributed by atoms with Crippen LogP contribution in [0.1, 0.15) is 2.85 Å². The summed E-state index contributed by atoms with van der Waals surface area (Å²) in [6.45, 7) is 0. The minimum absolute atomic E-state index is 0. The van der Waals surface area contributed by atoms with Crippen LogP contribution in [0.2, 0.25) is 0 Å². The van der Waals surface area contributed by atoms with Crippen molar-refractivity contribution >= 4 is 23.1 Å². The van der Waals surface area contributed by atoms with Gasteiger partial charge in [-0.05, 0) is 0 Å². The van der Waals surface area contributed by atoms with Gasteiger partial charge in [-0.1, -0.05) is 0 Å². The van der Waals surface area contributed by atoms with E-state index in [-0.39, 0.29) is 94.2 Å². The molecule has 0 rings (SSSR count). The van der Waals surface area contributed by atoms with E-state index in [4.69, 9.17) is 0 Å². The van der Waals surface area contributed by atoms with Gasteiger partial charge < -0.3 is 2.85 Å². The molecule has 0 aromatic heterocycles. The van der Waals surface area contributed by atoms with E-state index >= 15 is 0 Å². The molecule has 0 saturated carbocycles. The predicted octanol–water partition coefficient (Wildman–Crippen LogP) is -0.166. The van der Waals surface area contributed by atoms with Gasteiger partial charge in [-0.2, -0.15) is 0 Å². The fraction of sp³-hybridized carbons (Fsp3) is 0. The van der Waals surface area contributed by atoms with Crippen molar-refractivity contribution in [1.82, 2.24) is 0 Å². The molecule has 0 amide bonds. The molecule has 0 heterocycles. The molecule has 5 heavy (non-hydrogen) atoms. The molecule has 0 nitrogen and oxygen atoms in total. The first-order valence-corrected chi connectivity index (χ1v) is 0. The molecule has 0 N–H and O–H groups in total. The molecule has 0 aromatic carbocycles. The third-order valence-electron chi connectivity index (χ3n) is 0. The van der Waals surface area contributed by atoms with Crippen LogP contribution in [-0.2, 0) is 68.3 Å². The van der Waals surface area contributed by atoms with Gasteiger partial charge >= 0.3 is 23.1 Å². The first-order chi connectivity index (χ1) is 0. The van der Waals surface area contributed by atoms with Crippen molar-refractivity contribution in [1.29, 1.82) is 0 Å². The van der Waals surface area contributed by atoms with Crippen molar-refractivity contribution in [3.63, 3.8) is 0 Å². The average Bonchev–Trinajstić information content (AvgIpc) is 0. The van der Waals surface area contributed by atoms with E-state index in [0.717, 1.165) is 0 Å². The summed E-state index contributed by atoms with van der Waals surface area (Å²) in [5.41, 5.74) is 0. The zero-order chi connectivity index (χ0) is 0. The first-order valence-electron chi connectivity index (χ1n) is 0. The zero-order valence-electron chi connectivity index (χ0n) is 4.18. The second-order valence-corrected chi connectivity index (χ2v) is 0. The van der Waals surface area contributed by atoms with E-state index in [9.17, 15) is 0 Å². The van der Waals surface area contributed by atoms with Crippen molar-refractivity contribution in [3.8, 4) is 0 Å². The topological polar surface area (TPSA) is 0 Å². The van der Waals surface area contributed by atoms with E-state index in [1.54, 1.807) is 0 Å². The maximum Gasteiger partial charge on any atom is 2.00 e. The Bertz CT molecular complexity index is 17.7. The van der Waals surface area contributed by atoms with E-state index in [0.29, 0.717) is 0 Å². The van der Waals surface area contributed by atoms with Crippen molar-refractivity contribution in [3.05, 3.63) is 0 Å². The van der Waals surface area contributed by atoms with E-state index in [1.165, 1.54) is 0 Å². The zero-order valence-corrected chi connectivity index (χ0v) is 8.20. The molecule has 0 aliphatic heterocycles. The summed E-state index contributed by atoms with van der Waals surface area (Å²) in [5, 5.41) is 0. The monoisotopic (exact) mass is 248 g/mol. The van der Waals surface area contributed by atoms with E-state index in [2.05, 4.69) is 0 Å². The average molecular weight is 248 g/mol. The standard InChI is InChI=1S/Co.Cr.Fe.Mg.Mn.2H/q;;;+2;;2*-1. The van der Waals surface area contributed by atoms with Gasteiger partial charge in [0.15, 0.2) is 0 Å². The molecule has 0 aliphatic rings. The Morgan fingerprint density at radius 3 is 1.20 bits per heavy atom. The number of hydrogen-bond acceptors (Lipinski definition) is 0. The molecular weight excluding hydrogens is 246 g/mol. The van der Waals surface area contributed by atoms with Crippen LogP contribution >= 0.6 is 0 Å². The van der Waals surface area contributed by atoms with Crippen molar-refractivity contribution < 1.29 is 71.1 Å². The quantitative estimate of drug-likeness (QED) is 0.522. The van der Waals surface area contributed by atoms with Gasteiger partial charge in [0, 0.05) is 68.3 Å². The van der Waals surface area contributed by atoms with Crippen LogP contribution in [0.4, 0.5) is 0 Å². The van der Waals surface area contributed by atoms with Gasteiger partial charge in [0.05, 0.1) is 0 Å². The normalized spacial score (nSPS) is 0. The summed E-state index contributed by atoms with van der Waals surface area (Å²) in [4.78, 5) is 0. The number of rotatable bonds is 0. The SMILES string of the molecule is [Co].[Cr].[Fe].[H-].[H-].[Mg+2].[Mn]. The second kappa shape index (κ2) is 28.9. The predicted molar refractivity (Wildman–Crippen MR) is 7.98 cm³/mol.